The molecule has 1 atom stereocenters. The van der Waals surface area contributed by atoms with Gasteiger partial charge in [0.1, 0.15) is 12.4 Å². The molecular formula is C27H23NO4. The predicted molar refractivity (Wildman–Crippen MR) is 121 cm³/mol. The Morgan fingerprint density at radius 1 is 0.938 bits per heavy atom. The molecule has 0 saturated carbocycles. The van der Waals surface area contributed by atoms with Gasteiger partial charge in [0.15, 0.2) is 17.3 Å². The van der Waals surface area contributed by atoms with Gasteiger partial charge in [-0.3, -0.25) is 4.79 Å². The molecule has 3 aromatic rings. The molecule has 0 aromatic heterocycles. The fourth-order valence-electron chi connectivity index (χ4n) is 4.82. The molecule has 2 aliphatic heterocycles. The Morgan fingerprint density at radius 2 is 1.78 bits per heavy atom. The predicted octanol–water partition coefficient (Wildman–Crippen LogP) is 5.56. The van der Waals surface area contributed by atoms with Crippen LogP contribution in [-0.2, 0) is 11.4 Å². The number of carbonyl (C=O) groups excluding carboxylic acids is 1. The summed E-state index contributed by atoms with van der Waals surface area (Å²) in [7, 11) is 0. The van der Waals surface area contributed by atoms with Gasteiger partial charge >= 0.3 is 0 Å². The van der Waals surface area contributed by atoms with Crippen LogP contribution in [-0.4, -0.2) is 12.6 Å². The minimum atomic E-state index is -0.163. The molecule has 3 aliphatic rings. The average molecular weight is 425 g/mol. The zero-order chi connectivity index (χ0) is 21.5. The van der Waals surface area contributed by atoms with Gasteiger partial charge in [-0.25, -0.2) is 0 Å². The molecule has 3 aromatic carbocycles. The van der Waals surface area contributed by atoms with Gasteiger partial charge in [-0.1, -0.05) is 42.5 Å². The monoisotopic (exact) mass is 425 g/mol. The number of rotatable bonds is 4. The SMILES string of the molecule is O=C1CCCC2=C1[C@@H](c1cccc(OCc3ccccc3)c1)c1cc3c(cc1N2)OCO3. The Balaban J connectivity index is 1.41. The van der Waals surface area contributed by atoms with E-state index in [2.05, 4.69) is 17.4 Å². The fraction of sp³-hybridized carbons (Fsp3) is 0.222. The number of fused-ring (bicyclic) bond motifs is 2. The Bertz CT molecular complexity index is 1230. The number of hydrogen-bond donors (Lipinski definition) is 1. The van der Waals surface area contributed by atoms with E-state index in [1.165, 1.54) is 0 Å². The highest BCUT2D eigenvalue weighted by Crippen LogP contribution is 2.49. The van der Waals surface area contributed by atoms with Crippen LogP contribution in [0, 0.1) is 0 Å². The third kappa shape index (κ3) is 3.30. The lowest BCUT2D eigenvalue weighted by molar-refractivity contribution is -0.116. The Morgan fingerprint density at radius 3 is 2.66 bits per heavy atom. The smallest absolute Gasteiger partial charge is 0.231 e. The number of nitrogens with one attached hydrogen (secondary N) is 1. The van der Waals surface area contributed by atoms with Crippen molar-refractivity contribution in [3.05, 3.63) is 94.7 Å². The summed E-state index contributed by atoms with van der Waals surface area (Å²) in [6.07, 6.45) is 2.33. The molecule has 1 aliphatic carbocycles. The highest BCUT2D eigenvalue weighted by atomic mass is 16.7. The van der Waals surface area contributed by atoms with Gasteiger partial charge in [-0.2, -0.15) is 0 Å². The molecule has 0 bridgehead atoms. The molecule has 5 heteroatoms. The third-order valence-electron chi connectivity index (χ3n) is 6.33. The molecule has 0 radical (unpaired) electrons. The van der Waals surface area contributed by atoms with E-state index in [1.54, 1.807) is 0 Å². The molecule has 1 N–H and O–H groups in total. The summed E-state index contributed by atoms with van der Waals surface area (Å²) in [6, 6.07) is 22.2. The van der Waals surface area contributed by atoms with Crippen molar-refractivity contribution >= 4 is 11.5 Å². The van der Waals surface area contributed by atoms with Crippen LogP contribution in [0.3, 0.4) is 0 Å². The molecular weight excluding hydrogens is 402 g/mol. The van der Waals surface area contributed by atoms with E-state index >= 15 is 0 Å². The Hall–Kier alpha value is -3.73. The maximum atomic E-state index is 13.1. The number of allylic oxidation sites excluding steroid dienone is 2. The first-order valence-electron chi connectivity index (χ1n) is 11.0. The van der Waals surface area contributed by atoms with Crippen LogP contribution in [0.5, 0.6) is 17.2 Å². The van der Waals surface area contributed by atoms with Crippen LogP contribution in [0.1, 0.15) is 41.9 Å². The number of anilines is 1. The second-order valence-corrected chi connectivity index (χ2v) is 8.37. The summed E-state index contributed by atoms with van der Waals surface area (Å²) < 4.78 is 17.3. The first kappa shape index (κ1) is 19.0. The van der Waals surface area contributed by atoms with Gasteiger partial charge in [0.05, 0.1) is 0 Å². The summed E-state index contributed by atoms with van der Waals surface area (Å²) in [6.45, 7) is 0.719. The summed E-state index contributed by atoms with van der Waals surface area (Å²) in [4.78, 5) is 13.1. The summed E-state index contributed by atoms with van der Waals surface area (Å²) in [5.74, 6) is 2.30. The minimum Gasteiger partial charge on any atom is -0.489 e. The van der Waals surface area contributed by atoms with Crippen molar-refractivity contribution in [2.45, 2.75) is 31.8 Å². The van der Waals surface area contributed by atoms with Crippen LogP contribution in [0.15, 0.2) is 78.0 Å². The van der Waals surface area contributed by atoms with Crippen molar-refractivity contribution in [2.24, 2.45) is 0 Å². The van der Waals surface area contributed by atoms with E-state index in [0.29, 0.717) is 13.0 Å². The Kier molecular flexibility index (Phi) is 4.60. The van der Waals surface area contributed by atoms with Gasteiger partial charge < -0.3 is 19.5 Å². The molecule has 0 saturated heterocycles. The highest BCUT2D eigenvalue weighted by Gasteiger charge is 2.36. The quantitative estimate of drug-likeness (QED) is 0.593. The van der Waals surface area contributed by atoms with Gasteiger partial charge in [0.25, 0.3) is 0 Å². The van der Waals surface area contributed by atoms with Crippen molar-refractivity contribution in [3.8, 4) is 17.2 Å². The largest absolute Gasteiger partial charge is 0.489 e. The summed E-state index contributed by atoms with van der Waals surface area (Å²) in [5.41, 5.74) is 6.05. The van der Waals surface area contributed by atoms with E-state index in [1.807, 2.05) is 54.6 Å². The van der Waals surface area contributed by atoms with E-state index in [4.69, 9.17) is 14.2 Å². The average Bonchev–Trinajstić information content (AvgIpc) is 3.28. The maximum Gasteiger partial charge on any atom is 0.231 e. The zero-order valence-corrected chi connectivity index (χ0v) is 17.6. The molecule has 160 valence electrons. The Labute approximate surface area is 186 Å². The van der Waals surface area contributed by atoms with Gasteiger partial charge in [-0.15, -0.1) is 0 Å². The molecule has 2 heterocycles. The lowest BCUT2D eigenvalue weighted by Gasteiger charge is -2.34. The minimum absolute atomic E-state index is 0.163. The molecule has 0 amide bonds. The molecule has 32 heavy (non-hydrogen) atoms. The lowest BCUT2D eigenvalue weighted by Crippen LogP contribution is -2.26. The maximum absolute atomic E-state index is 13.1. The topological polar surface area (TPSA) is 56.8 Å². The van der Waals surface area contributed by atoms with E-state index in [9.17, 15) is 4.79 Å². The van der Waals surface area contributed by atoms with E-state index in [-0.39, 0.29) is 18.5 Å². The van der Waals surface area contributed by atoms with Crippen LogP contribution >= 0.6 is 0 Å². The fourth-order valence-corrected chi connectivity index (χ4v) is 4.82. The first-order chi connectivity index (χ1) is 15.8. The molecule has 0 spiro atoms. The van der Waals surface area contributed by atoms with Crippen molar-refractivity contribution in [2.75, 3.05) is 12.1 Å². The molecule has 6 rings (SSSR count). The molecule has 0 unspecified atom stereocenters. The number of Topliss-reactive ketones (excluding diaryl/α,β-unsaturated/α-hetero) is 1. The van der Waals surface area contributed by atoms with Crippen molar-refractivity contribution < 1.29 is 19.0 Å². The van der Waals surface area contributed by atoms with Gasteiger partial charge in [-0.05, 0) is 47.7 Å². The summed E-state index contributed by atoms with van der Waals surface area (Å²) >= 11 is 0. The number of benzene rings is 3. The van der Waals surface area contributed by atoms with Gasteiger partial charge in [0, 0.05) is 35.4 Å². The van der Waals surface area contributed by atoms with Crippen LogP contribution in [0.2, 0.25) is 0 Å². The third-order valence-corrected chi connectivity index (χ3v) is 6.33. The number of carbonyl (C=O) groups is 1. The van der Waals surface area contributed by atoms with E-state index < -0.39 is 0 Å². The van der Waals surface area contributed by atoms with Crippen LogP contribution in [0.4, 0.5) is 5.69 Å². The standard InChI is InChI=1S/C27H23NO4/c29-23-11-5-10-21-27(23)26(20-13-24-25(32-16-31-24)14-22(20)28-21)18-8-4-9-19(12-18)30-15-17-6-2-1-3-7-17/h1-4,6-9,12-14,26,28H,5,10-11,15-16H2/t26-/m0/s1. The summed E-state index contributed by atoms with van der Waals surface area (Å²) in [5, 5.41) is 3.51. The normalized spacial score (nSPS) is 18.6. The second kappa shape index (κ2) is 7.75. The number of ether oxygens (including phenoxy) is 3. The zero-order valence-electron chi connectivity index (χ0n) is 17.6. The lowest BCUT2D eigenvalue weighted by atomic mass is 9.75. The van der Waals surface area contributed by atoms with Crippen molar-refractivity contribution in [1.29, 1.82) is 0 Å². The number of hydrogen-bond acceptors (Lipinski definition) is 5. The van der Waals surface area contributed by atoms with Crippen molar-refractivity contribution in [3.63, 3.8) is 0 Å². The van der Waals surface area contributed by atoms with Crippen LogP contribution < -0.4 is 19.5 Å². The molecule has 0 fully saturated rings. The van der Waals surface area contributed by atoms with Crippen molar-refractivity contribution in [1.82, 2.24) is 0 Å². The van der Waals surface area contributed by atoms with Gasteiger partial charge in [0.2, 0.25) is 6.79 Å². The van der Waals surface area contributed by atoms with E-state index in [0.717, 1.165) is 63.7 Å². The highest BCUT2D eigenvalue weighted by molar-refractivity contribution is 6.01. The molecule has 5 nitrogen and oxygen atoms in total. The number of ketones is 1. The van der Waals surface area contributed by atoms with Crippen LogP contribution in [0.25, 0.3) is 0 Å². The second-order valence-electron chi connectivity index (χ2n) is 8.37. The first-order valence-corrected chi connectivity index (χ1v) is 11.0.